The van der Waals surface area contributed by atoms with Crippen LogP contribution in [0.4, 0.5) is 0 Å². The lowest BCUT2D eigenvalue weighted by atomic mass is 10.0. The first-order chi connectivity index (χ1) is 6.65. The lowest BCUT2D eigenvalue weighted by Gasteiger charge is -2.06. The minimum absolute atomic E-state index is 0.215. The van der Waals surface area contributed by atoms with E-state index in [9.17, 15) is 4.79 Å². The molecule has 1 heterocycles. The zero-order chi connectivity index (χ0) is 10.6. The zero-order valence-corrected chi connectivity index (χ0v) is 10.5. The van der Waals surface area contributed by atoms with Crippen LogP contribution in [0.3, 0.4) is 0 Å². The highest BCUT2D eigenvalue weighted by atomic mass is 79.9. The van der Waals surface area contributed by atoms with Crippen LogP contribution in [-0.4, -0.2) is 12.3 Å². The first-order valence-electron chi connectivity index (χ1n) is 4.61. The second kappa shape index (κ2) is 5.63. The molecule has 78 valence electrons. The lowest BCUT2D eigenvalue weighted by Crippen LogP contribution is -2.12. The van der Waals surface area contributed by atoms with Crippen molar-refractivity contribution >= 4 is 33.0 Å². The number of rotatable bonds is 5. The highest BCUT2D eigenvalue weighted by molar-refractivity contribution is 9.10. The molecule has 0 bridgehead atoms. The van der Waals surface area contributed by atoms with E-state index >= 15 is 0 Å². The summed E-state index contributed by atoms with van der Waals surface area (Å²) < 4.78 is 0.910. The van der Waals surface area contributed by atoms with E-state index in [4.69, 9.17) is 5.73 Å². The van der Waals surface area contributed by atoms with E-state index in [-0.39, 0.29) is 5.78 Å². The molecule has 0 fully saturated rings. The van der Waals surface area contributed by atoms with Crippen molar-refractivity contribution in [3.8, 4) is 0 Å². The number of halogens is 1. The molecule has 0 aliphatic rings. The summed E-state index contributed by atoms with van der Waals surface area (Å²) in [4.78, 5) is 12.5. The van der Waals surface area contributed by atoms with Crippen LogP contribution in [0.15, 0.2) is 15.9 Å². The number of Topliss-reactive ketones (excluding diaryl/α,β-unsaturated/α-hetero) is 1. The van der Waals surface area contributed by atoms with E-state index in [1.165, 1.54) is 11.3 Å². The molecule has 1 aromatic rings. The molecule has 0 amide bonds. The fourth-order valence-electron chi connectivity index (χ4n) is 1.10. The number of hydrogen-bond donors (Lipinski definition) is 1. The molecule has 2 nitrogen and oxygen atoms in total. The van der Waals surface area contributed by atoms with Gasteiger partial charge in [0.15, 0.2) is 5.78 Å². The fraction of sp³-hybridized carbons (Fsp3) is 0.500. The number of nitrogens with two attached hydrogens (primary N) is 1. The molecule has 1 aromatic heterocycles. The number of thiophene rings is 1. The van der Waals surface area contributed by atoms with Gasteiger partial charge in [0, 0.05) is 10.9 Å². The van der Waals surface area contributed by atoms with Gasteiger partial charge in [0.1, 0.15) is 0 Å². The van der Waals surface area contributed by atoms with Gasteiger partial charge in [0.2, 0.25) is 0 Å². The first-order valence-corrected chi connectivity index (χ1v) is 6.28. The van der Waals surface area contributed by atoms with Gasteiger partial charge in [-0.2, -0.15) is 0 Å². The van der Waals surface area contributed by atoms with E-state index in [2.05, 4.69) is 22.9 Å². The molecule has 1 rings (SSSR count). The molecule has 14 heavy (non-hydrogen) atoms. The molecule has 0 saturated carbocycles. The Labute approximate surface area is 96.6 Å². The minimum Gasteiger partial charge on any atom is -0.330 e. The SMILES string of the molecule is CC(CN)CCC(=O)c1sccc1Br. The van der Waals surface area contributed by atoms with Crippen LogP contribution in [0.25, 0.3) is 0 Å². The van der Waals surface area contributed by atoms with Gasteiger partial charge in [-0.3, -0.25) is 4.79 Å². The Morgan fingerprint density at radius 2 is 2.43 bits per heavy atom. The Morgan fingerprint density at radius 1 is 1.71 bits per heavy atom. The quantitative estimate of drug-likeness (QED) is 0.840. The van der Waals surface area contributed by atoms with Crippen molar-refractivity contribution in [3.63, 3.8) is 0 Å². The fourth-order valence-corrected chi connectivity index (χ4v) is 2.66. The molecule has 0 radical (unpaired) electrons. The molecule has 0 spiro atoms. The second-order valence-electron chi connectivity index (χ2n) is 3.40. The van der Waals surface area contributed by atoms with Crippen molar-refractivity contribution in [1.29, 1.82) is 0 Å². The van der Waals surface area contributed by atoms with E-state index in [1.54, 1.807) is 0 Å². The molecule has 0 saturated heterocycles. The van der Waals surface area contributed by atoms with E-state index in [1.807, 2.05) is 11.4 Å². The number of ketones is 1. The summed E-state index contributed by atoms with van der Waals surface area (Å²) in [5.41, 5.74) is 5.49. The predicted octanol–water partition coefficient (Wildman–Crippen LogP) is 3.07. The van der Waals surface area contributed by atoms with Gasteiger partial charge < -0.3 is 5.73 Å². The van der Waals surface area contributed by atoms with E-state index in [0.717, 1.165) is 15.8 Å². The molecule has 0 aliphatic carbocycles. The van der Waals surface area contributed by atoms with Crippen LogP contribution in [0.2, 0.25) is 0 Å². The molecular formula is C10H14BrNOS. The van der Waals surface area contributed by atoms with Crippen molar-refractivity contribution in [2.45, 2.75) is 19.8 Å². The summed E-state index contributed by atoms with van der Waals surface area (Å²) in [7, 11) is 0. The average Bonchev–Trinajstić information content (AvgIpc) is 2.60. The van der Waals surface area contributed by atoms with E-state index in [0.29, 0.717) is 18.9 Å². The van der Waals surface area contributed by atoms with Gasteiger partial charge in [0.25, 0.3) is 0 Å². The topological polar surface area (TPSA) is 43.1 Å². The third-order valence-corrected chi connectivity index (χ3v) is 4.02. The molecular weight excluding hydrogens is 262 g/mol. The van der Waals surface area contributed by atoms with Crippen molar-refractivity contribution in [1.82, 2.24) is 0 Å². The summed E-state index contributed by atoms with van der Waals surface area (Å²) in [5.74, 6) is 0.643. The predicted molar refractivity (Wildman–Crippen MR) is 63.8 cm³/mol. The maximum Gasteiger partial charge on any atom is 0.173 e. The summed E-state index contributed by atoms with van der Waals surface area (Å²) in [6, 6.07) is 1.91. The highest BCUT2D eigenvalue weighted by Gasteiger charge is 2.12. The Balaban J connectivity index is 2.47. The van der Waals surface area contributed by atoms with Gasteiger partial charge in [-0.1, -0.05) is 6.92 Å². The maximum absolute atomic E-state index is 11.7. The molecule has 0 aliphatic heterocycles. The zero-order valence-electron chi connectivity index (χ0n) is 8.13. The number of carbonyl (C=O) groups excluding carboxylic acids is 1. The van der Waals surface area contributed by atoms with Gasteiger partial charge in [-0.15, -0.1) is 11.3 Å². The molecule has 1 unspecified atom stereocenters. The molecule has 1 atom stereocenters. The maximum atomic E-state index is 11.7. The Bertz CT molecular complexity index is 311. The first kappa shape index (κ1) is 11.9. The Hall–Kier alpha value is -0.190. The monoisotopic (exact) mass is 275 g/mol. The van der Waals surface area contributed by atoms with Crippen LogP contribution >= 0.6 is 27.3 Å². The van der Waals surface area contributed by atoms with Crippen LogP contribution < -0.4 is 5.73 Å². The number of hydrogen-bond acceptors (Lipinski definition) is 3. The average molecular weight is 276 g/mol. The van der Waals surface area contributed by atoms with E-state index < -0.39 is 0 Å². The number of carbonyl (C=O) groups is 1. The summed E-state index contributed by atoms with van der Waals surface area (Å²) >= 11 is 4.85. The van der Waals surface area contributed by atoms with Crippen LogP contribution in [0.1, 0.15) is 29.4 Å². The third-order valence-electron chi connectivity index (χ3n) is 2.14. The normalized spacial score (nSPS) is 12.8. The Kier molecular flexibility index (Phi) is 4.78. The third kappa shape index (κ3) is 3.19. The smallest absolute Gasteiger partial charge is 0.173 e. The van der Waals surface area contributed by atoms with Crippen molar-refractivity contribution < 1.29 is 4.79 Å². The largest absolute Gasteiger partial charge is 0.330 e. The van der Waals surface area contributed by atoms with Gasteiger partial charge in [-0.05, 0) is 46.3 Å². The second-order valence-corrected chi connectivity index (χ2v) is 5.17. The minimum atomic E-state index is 0.215. The van der Waals surface area contributed by atoms with Gasteiger partial charge in [-0.25, -0.2) is 0 Å². The van der Waals surface area contributed by atoms with Crippen molar-refractivity contribution in [2.24, 2.45) is 11.7 Å². The van der Waals surface area contributed by atoms with Crippen LogP contribution in [0, 0.1) is 5.92 Å². The highest BCUT2D eigenvalue weighted by Crippen LogP contribution is 2.24. The Morgan fingerprint density at radius 3 is 2.93 bits per heavy atom. The van der Waals surface area contributed by atoms with Crippen LogP contribution in [0.5, 0.6) is 0 Å². The van der Waals surface area contributed by atoms with Crippen molar-refractivity contribution in [2.75, 3.05) is 6.54 Å². The van der Waals surface area contributed by atoms with Crippen molar-refractivity contribution in [3.05, 3.63) is 20.8 Å². The molecule has 4 heteroatoms. The standard InChI is InChI=1S/C10H14BrNOS/c1-7(6-12)2-3-9(13)10-8(11)4-5-14-10/h4-5,7H,2-3,6,12H2,1H3. The van der Waals surface area contributed by atoms with Gasteiger partial charge in [0.05, 0.1) is 4.88 Å². The molecule has 2 N–H and O–H groups in total. The molecule has 0 aromatic carbocycles. The van der Waals surface area contributed by atoms with Gasteiger partial charge >= 0.3 is 0 Å². The van der Waals surface area contributed by atoms with Crippen LogP contribution in [-0.2, 0) is 0 Å². The summed E-state index contributed by atoms with van der Waals surface area (Å²) in [6.07, 6.45) is 1.47. The lowest BCUT2D eigenvalue weighted by molar-refractivity contribution is 0.0978. The summed E-state index contributed by atoms with van der Waals surface area (Å²) in [6.45, 7) is 2.72. The summed E-state index contributed by atoms with van der Waals surface area (Å²) in [5, 5.41) is 1.92.